The van der Waals surface area contributed by atoms with E-state index in [0.29, 0.717) is 28.4 Å². The highest BCUT2D eigenvalue weighted by molar-refractivity contribution is 5.82. The molecule has 0 aromatic carbocycles. The maximum absolute atomic E-state index is 12.4. The lowest BCUT2D eigenvalue weighted by atomic mass is 9.38. The van der Waals surface area contributed by atoms with Crippen molar-refractivity contribution in [1.29, 1.82) is 0 Å². The molecule has 9 unspecified atom stereocenters. The third-order valence-corrected chi connectivity index (χ3v) is 10.7. The molecule has 5 saturated carbocycles. The van der Waals surface area contributed by atoms with E-state index < -0.39 is 0 Å². The number of carbonyl (C=O) groups is 1. The molecular weight excluding hydrogens is 304 g/mol. The van der Waals surface area contributed by atoms with Gasteiger partial charge in [0.25, 0.3) is 0 Å². The fourth-order valence-electron chi connectivity index (χ4n) is 9.60. The molecule has 5 aliphatic rings. The number of rotatable bonds is 0. The van der Waals surface area contributed by atoms with Gasteiger partial charge in [0, 0.05) is 12.3 Å². The minimum absolute atomic E-state index is 0.326. The summed E-state index contributed by atoms with van der Waals surface area (Å²) in [6, 6.07) is 0. The van der Waals surface area contributed by atoms with Crippen molar-refractivity contribution in [3.63, 3.8) is 0 Å². The SMILES string of the molecule is CC1C(=O)CCC2(C)C1CCC1(C)C3CCC4CCCC4C3CCC21. The van der Waals surface area contributed by atoms with Gasteiger partial charge in [0.2, 0.25) is 0 Å². The predicted octanol–water partition coefficient (Wildman–Crippen LogP) is 6.26. The Morgan fingerprint density at radius 2 is 1.60 bits per heavy atom. The van der Waals surface area contributed by atoms with Crippen LogP contribution >= 0.6 is 0 Å². The third-order valence-electron chi connectivity index (χ3n) is 10.7. The summed E-state index contributed by atoms with van der Waals surface area (Å²) in [7, 11) is 0. The maximum atomic E-state index is 12.4. The monoisotopic (exact) mass is 342 g/mol. The summed E-state index contributed by atoms with van der Waals surface area (Å²) in [6.45, 7) is 7.55. The molecule has 0 aromatic rings. The molecule has 0 amide bonds. The van der Waals surface area contributed by atoms with Gasteiger partial charge in [-0.25, -0.2) is 0 Å². The molecule has 1 heteroatoms. The van der Waals surface area contributed by atoms with E-state index in [2.05, 4.69) is 20.8 Å². The van der Waals surface area contributed by atoms with Crippen LogP contribution in [0.2, 0.25) is 0 Å². The largest absolute Gasteiger partial charge is 0.299 e. The summed E-state index contributed by atoms with van der Waals surface area (Å²) < 4.78 is 0. The molecule has 5 aliphatic carbocycles. The van der Waals surface area contributed by atoms with E-state index in [-0.39, 0.29) is 0 Å². The highest BCUT2D eigenvalue weighted by atomic mass is 16.1. The average molecular weight is 343 g/mol. The molecular formula is C24H38O. The topological polar surface area (TPSA) is 17.1 Å². The second-order valence-corrected chi connectivity index (χ2v) is 11.2. The minimum atomic E-state index is 0.326. The fraction of sp³-hybridized carbons (Fsp3) is 0.958. The zero-order chi connectivity index (χ0) is 17.4. The first-order chi connectivity index (χ1) is 11.9. The van der Waals surface area contributed by atoms with Crippen LogP contribution in [0, 0.1) is 52.3 Å². The van der Waals surface area contributed by atoms with Crippen molar-refractivity contribution < 1.29 is 4.79 Å². The van der Waals surface area contributed by atoms with E-state index in [4.69, 9.17) is 0 Å². The lowest BCUT2D eigenvalue weighted by molar-refractivity contribution is -0.178. The minimum Gasteiger partial charge on any atom is -0.299 e. The van der Waals surface area contributed by atoms with Gasteiger partial charge in [-0.1, -0.05) is 33.6 Å². The van der Waals surface area contributed by atoms with Crippen LogP contribution in [0.5, 0.6) is 0 Å². The zero-order valence-electron chi connectivity index (χ0n) is 16.7. The first kappa shape index (κ1) is 16.8. The van der Waals surface area contributed by atoms with Crippen molar-refractivity contribution >= 4 is 5.78 Å². The van der Waals surface area contributed by atoms with Crippen LogP contribution in [-0.2, 0) is 4.79 Å². The molecule has 9 atom stereocenters. The van der Waals surface area contributed by atoms with Crippen LogP contribution in [0.15, 0.2) is 0 Å². The first-order valence-electron chi connectivity index (χ1n) is 11.5. The molecule has 0 aliphatic heterocycles. The van der Waals surface area contributed by atoms with Crippen molar-refractivity contribution in [2.45, 2.75) is 91.4 Å². The predicted molar refractivity (Wildman–Crippen MR) is 102 cm³/mol. The van der Waals surface area contributed by atoms with Crippen LogP contribution in [0.1, 0.15) is 91.4 Å². The third kappa shape index (κ3) is 2.16. The number of Topliss-reactive ketones (excluding diaryl/α,β-unsaturated/α-hetero) is 1. The molecule has 140 valence electrons. The summed E-state index contributed by atoms with van der Waals surface area (Å²) in [5, 5.41) is 0. The Hall–Kier alpha value is -0.330. The fourth-order valence-corrected chi connectivity index (χ4v) is 9.60. The van der Waals surface area contributed by atoms with Gasteiger partial charge in [0.05, 0.1) is 0 Å². The summed E-state index contributed by atoms with van der Waals surface area (Å²) in [4.78, 5) is 12.4. The number of hydrogen-bond acceptors (Lipinski definition) is 1. The van der Waals surface area contributed by atoms with Gasteiger partial charge in [0.1, 0.15) is 5.78 Å². The first-order valence-corrected chi connectivity index (χ1v) is 11.5. The van der Waals surface area contributed by atoms with Gasteiger partial charge in [-0.15, -0.1) is 0 Å². The van der Waals surface area contributed by atoms with Crippen molar-refractivity contribution in [3.05, 3.63) is 0 Å². The summed E-state index contributed by atoms with van der Waals surface area (Å²) in [5.41, 5.74) is 1.01. The van der Waals surface area contributed by atoms with E-state index in [1.807, 2.05) is 0 Å². The Morgan fingerprint density at radius 1 is 0.800 bits per heavy atom. The van der Waals surface area contributed by atoms with Crippen LogP contribution in [0.25, 0.3) is 0 Å². The number of fused-ring (bicyclic) bond motifs is 7. The molecule has 5 fully saturated rings. The standard InChI is InChI=1S/C24H38O/c1-15-19-11-13-24(3)20-9-7-16-5-4-6-17(16)18(20)8-10-22(24)23(19,2)14-12-21(15)25/h15-20,22H,4-14H2,1-3H3. The Bertz CT molecular complexity index is 566. The number of ketones is 1. The highest BCUT2D eigenvalue weighted by Gasteiger charge is 2.62. The summed E-state index contributed by atoms with van der Waals surface area (Å²) >= 11 is 0. The molecule has 5 rings (SSSR count). The zero-order valence-corrected chi connectivity index (χ0v) is 16.7. The Labute approximate surface area is 154 Å². The van der Waals surface area contributed by atoms with E-state index in [1.54, 1.807) is 0 Å². The molecule has 0 radical (unpaired) electrons. The van der Waals surface area contributed by atoms with Crippen molar-refractivity contribution in [3.8, 4) is 0 Å². The smallest absolute Gasteiger partial charge is 0.136 e. The maximum Gasteiger partial charge on any atom is 0.136 e. The molecule has 25 heavy (non-hydrogen) atoms. The average Bonchev–Trinajstić information content (AvgIpc) is 3.07. The van der Waals surface area contributed by atoms with Gasteiger partial charge in [-0.3, -0.25) is 4.79 Å². The number of carbonyl (C=O) groups excluding carboxylic acids is 1. The van der Waals surface area contributed by atoms with E-state index >= 15 is 0 Å². The van der Waals surface area contributed by atoms with E-state index in [0.717, 1.165) is 36.0 Å². The van der Waals surface area contributed by atoms with Gasteiger partial charge in [0.15, 0.2) is 0 Å². The molecule has 0 heterocycles. The van der Waals surface area contributed by atoms with Gasteiger partial charge in [-0.2, -0.15) is 0 Å². The normalized spacial score (nSPS) is 58.0. The highest BCUT2D eigenvalue weighted by Crippen LogP contribution is 2.69. The lowest BCUT2D eigenvalue weighted by Crippen LogP contribution is -2.60. The van der Waals surface area contributed by atoms with E-state index in [1.165, 1.54) is 64.2 Å². The van der Waals surface area contributed by atoms with Gasteiger partial charge >= 0.3 is 0 Å². The summed E-state index contributed by atoms with van der Waals surface area (Å²) in [5.74, 6) is 6.65. The van der Waals surface area contributed by atoms with Gasteiger partial charge in [-0.05, 0) is 97.7 Å². The Kier molecular flexibility index (Phi) is 3.76. The number of hydrogen-bond donors (Lipinski definition) is 0. The second-order valence-electron chi connectivity index (χ2n) is 11.2. The van der Waals surface area contributed by atoms with Crippen molar-refractivity contribution in [2.24, 2.45) is 52.3 Å². The Morgan fingerprint density at radius 3 is 2.44 bits per heavy atom. The molecule has 0 aromatic heterocycles. The van der Waals surface area contributed by atoms with E-state index in [9.17, 15) is 4.79 Å². The molecule has 0 saturated heterocycles. The van der Waals surface area contributed by atoms with Crippen LogP contribution < -0.4 is 0 Å². The van der Waals surface area contributed by atoms with Gasteiger partial charge < -0.3 is 0 Å². The van der Waals surface area contributed by atoms with Crippen molar-refractivity contribution in [1.82, 2.24) is 0 Å². The van der Waals surface area contributed by atoms with Crippen LogP contribution in [0.4, 0.5) is 0 Å². The Balaban J connectivity index is 1.47. The van der Waals surface area contributed by atoms with Crippen LogP contribution in [-0.4, -0.2) is 5.78 Å². The van der Waals surface area contributed by atoms with Crippen molar-refractivity contribution in [2.75, 3.05) is 0 Å². The molecule has 0 bridgehead atoms. The lowest BCUT2D eigenvalue weighted by Gasteiger charge is -2.66. The second kappa shape index (κ2) is 5.59. The van der Waals surface area contributed by atoms with Crippen LogP contribution in [0.3, 0.4) is 0 Å². The summed E-state index contributed by atoms with van der Waals surface area (Å²) in [6.07, 6.45) is 15.4. The molecule has 0 spiro atoms. The quantitative estimate of drug-likeness (QED) is 0.508. The molecule has 0 N–H and O–H groups in total. The molecule has 1 nitrogen and oxygen atoms in total.